The van der Waals surface area contributed by atoms with E-state index in [4.69, 9.17) is 11.1 Å². The van der Waals surface area contributed by atoms with E-state index in [0.717, 1.165) is 15.8 Å². The second-order valence-electron chi connectivity index (χ2n) is 3.12. The normalized spacial score (nSPS) is 10.6. The Hall–Kier alpha value is -1.42. The fourth-order valence-corrected chi connectivity index (χ4v) is 2.26. The van der Waals surface area contributed by atoms with E-state index in [9.17, 15) is 0 Å². The molecule has 1 aromatic carbocycles. The highest BCUT2D eigenvalue weighted by atomic mass is 32.2. The molecule has 0 fully saturated rings. The lowest BCUT2D eigenvalue weighted by Gasteiger charge is -1.99. The number of aromatic nitrogens is 1. The first-order valence-corrected chi connectivity index (χ1v) is 5.08. The van der Waals surface area contributed by atoms with Crippen molar-refractivity contribution in [3.8, 4) is 0 Å². The second kappa shape index (κ2) is 3.38. The lowest BCUT2D eigenvalue weighted by atomic mass is 10.1. The molecule has 0 aliphatic carbocycles. The molecule has 1 heterocycles. The van der Waals surface area contributed by atoms with Crippen molar-refractivity contribution in [2.45, 2.75) is 11.8 Å². The number of aromatic amines is 1. The zero-order chi connectivity index (χ0) is 10.1. The van der Waals surface area contributed by atoms with Gasteiger partial charge in [-0.1, -0.05) is 23.9 Å². The van der Waals surface area contributed by atoms with E-state index in [1.165, 1.54) is 17.3 Å². The molecule has 1 aromatic heterocycles. The molecule has 0 amide bonds. The Morgan fingerprint density at radius 3 is 3.00 bits per heavy atom. The minimum absolute atomic E-state index is 0.120. The summed E-state index contributed by atoms with van der Waals surface area (Å²) >= 11 is 1.28. The van der Waals surface area contributed by atoms with E-state index in [1.807, 2.05) is 18.3 Å². The second-order valence-corrected chi connectivity index (χ2v) is 4.20. The van der Waals surface area contributed by atoms with Gasteiger partial charge in [-0.2, -0.15) is 0 Å². The van der Waals surface area contributed by atoms with Crippen molar-refractivity contribution in [1.82, 2.24) is 4.98 Å². The van der Waals surface area contributed by atoms with E-state index in [2.05, 4.69) is 18.0 Å². The van der Waals surface area contributed by atoms with Crippen LogP contribution in [0.5, 0.6) is 0 Å². The number of fused-ring (bicyclic) bond motifs is 1. The Morgan fingerprint density at radius 2 is 2.29 bits per heavy atom. The van der Waals surface area contributed by atoms with Gasteiger partial charge in [0.1, 0.15) is 0 Å². The molecule has 14 heavy (non-hydrogen) atoms. The predicted octanol–water partition coefficient (Wildman–Crippen LogP) is 2.46. The van der Waals surface area contributed by atoms with Gasteiger partial charge in [0.2, 0.25) is 0 Å². The number of hydrogen-bond donors (Lipinski definition) is 3. The SMILES string of the molecule is Cc1cccc2[nH]cc(SC(=N)N)c12. The van der Waals surface area contributed by atoms with Gasteiger partial charge in [0, 0.05) is 22.0 Å². The van der Waals surface area contributed by atoms with E-state index in [0.29, 0.717) is 0 Å². The fourth-order valence-electron chi connectivity index (χ4n) is 1.53. The van der Waals surface area contributed by atoms with Crippen LogP contribution in [-0.4, -0.2) is 10.2 Å². The van der Waals surface area contributed by atoms with Crippen molar-refractivity contribution in [2.75, 3.05) is 0 Å². The third-order valence-corrected chi connectivity index (χ3v) is 2.86. The summed E-state index contributed by atoms with van der Waals surface area (Å²) in [5.41, 5.74) is 7.65. The van der Waals surface area contributed by atoms with Gasteiger partial charge >= 0.3 is 0 Å². The first-order chi connectivity index (χ1) is 6.68. The maximum absolute atomic E-state index is 7.24. The Morgan fingerprint density at radius 1 is 1.50 bits per heavy atom. The molecule has 0 saturated carbocycles. The smallest absolute Gasteiger partial charge is 0.156 e. The highest BCUT2D eigenvalue weighted by Gasteiger charge is 2.07. The molecule has 0 radical (unpaired) electrons. The monoisotopic (exact) mass is 205 g/mol. The molecule has 4 heteroatoms. The average molecular weight is 205 g/mol. The van der Waals surface area contributed by atoms with Gasteiger partial charge in [-0.15, -0.1) is 0 Å². The summed E-state index contributed by atoms with van der Waals surface area (Å²) in [6, 6.07) is 6.09. The van der Waals surface area contributed by atoms with Crippen LogP contribution < -0.4 is 5.73 Å². The van der Waals surface area contributed by atoms with Crippen molar-refractivity contribution in [2.24, 2.45) is 5.73 Å². The molecule has 0 aliphatic rings. The third kappa shape index (κ3) is 1.48. The Balaban J connectivity index is 2.61. The van der Waals surface area contributed by atoms with Crippen LogP contribution in [0, 0.1) is 12.3 Å². The average Bonchev–Trinajstić information content (AvgIpc) is 2.49. The summed E-state index contributed by atoms with van der Waals surface area (Å²) in [5.74, 6) is 0. The summed E-state index contributed by atoms with van der Waals surface area (Å²) in [5, 5.41) is 8.52. The summed E-state index contributed by atoms with van der Waals surface area (Å²) in [6.45, 7) is 2.06. The topological polar surface area (TPSA) is 65.7 Å². The molecule has 72 valence electrons. The minimum Gasteiger partial charge on any atom is -0.378 e. The van der Waals surface area contributed by atoms with Gasteiger partial charge in [-0.3, -0.25) is 5.41 Å². The highest BCUT2D eigenvalue weighted by molar-refractivity contribution is 8.13. The highest BCUT2D eigenvalue weighted by Crippen LogP contribution is 2.29. The molecule has 2 rings (SSSR count). The Kier molecular flexibility index (Phi) is 2.21. The maximum Gasteiger partial charge on any atom is 0.156 e. The molecular formula is C10H11N3S. The molecule has 0 unspecified atom stereocenters. The van der Waals surface area contributed by atoms with Crippen LogP contribution in [0.2, 0.25) is 0 Å². The van der Waals surface area contributed by atoms with E-state index in [-0.39, 0.29) is 5.17 Å². The Labute approximate surface area is 86.2 Å². The van der Waals surface area contributed by atoms with Crippen molar-refractivity contribution < 1.29 is 0 Å². The minimum atomic E-state index is 0.120. The molecule has 2 aromatic rings. The largest absolute Gasteiger partial charge is 0.378 e. The number of thioether (sulfide) groups is 1. The number of hydrogen-bond acceptors (Lipinski definition) is 2. The van der Waals surface area contributed by atoms with E-state index >= 15 is 0 Å². The van der Waals surface area contributed by atoms with Crippen molar-refractivity contribution in [3.63, 3.8) is 0 Å². The molecule has 4 N–H and O–H groups in total. The molecule has 0 atom stereocenters. The number of aryl methyl sites for hydroxylation is 1. The fraction of sp³-hybridized carbons (Fsp3) is 0.100. The van der Waals surface area contributed by atoms with Crippen LogP contribution in [0.3, 0.4) is 0 Å². The maximum atomic E-state index is 7.24. The lowest BCUT2D eigenvalue weighted by molar-refractivity contribution is 1.41. The number of rotatable bonds is 1. The zero-order valence-corrected chi connectivity index (χ0v) is 8.61. The predicted molar refractivity (Wildman–Crippen MR) is 60.8 cm³/mol. The molecule has 0 spiro atoms. The van der Waals surface area contributed by atoms with Gasteiger partial charge in [-0.25, -0.2) is 0 Å². The van der Waals surface area contributed by atoms with Gasteiger partial charge < -0.3 is 10.7 Å². The van der Waals surface area contributed by atoms with Crippen LogP contribution in [0.1, 0.15) is 5.56 Å². The number of H-pyrrole nitrogens is 1. The Bertz CT molecular complexity index is 487. The molecule has 0 saturated heterocycles. The standard InChI is InChI=1S/C10H11N3S/c1-6-3-2-4-7-9(6)8(5-13-7)14-10(11)12/h2-5,13H,1H3,(H3,11,12). The first kappa shape index (κ1) is 9.15. The van der Waals surface area contributed by atoms with Crippen molar-refractivity contribution in [1.29, 1.82) is 5.41 Å². The molecule has 3 nitrogen and oxygen atoms in total. The summed E-state index contributed by atoms with van der Waals surface area (Å²) in [6.07, 6.45) is 1.89. The lowest BCUT2D eigenvalue weighted by Crippen LogP contribution is -2.02. The summed E-state index contributed by atoms with van der Waals surface area (Å²) in [7, 11) is 0. The number of nitrogens with one attached hydrogen (secondary N) is 2. The number of amidine groups is 1. The zero-order valence-electron chi connectivity index (χ0n) is 7.79. The summed E-state index contributed by atoms with van der Waals surface area (Å²) < 4.78 is 0. The van der Waals surface area contributed by atoms with Crippen LogP contribution in [0.4, 0.5) is 0 Å². The van der Waals surface area contributed by atoms with Crippen LogP contribution in [0.25, 0.3) is 10.9 Å². The summed E-state index contributed by atoms with van der Waals surface area (Å²) in [4.78, 5) is 4.18. The number of nitrogens with two attached hydrogens (primary N) is 1. The van der Waals surface area contributed by atoms with E-state index < -0.39 is 0 Å². The molecule has 0 aliphatic heterocycles. The van der Waals surface area contributed by atoms with Crippen LogP contribution in [0.15, 0.2) is 29.3 Å². The first-order valence-electron chi connectivity index (χ1n) is 4.27. The van der Waals surface area contributed by atoms with Crippen molar-refractivity contribution >= 4 is 27.8 Å². The quantitative estimate of drug-likeness (QED) is 0.380. The van der Waals surface area contributed by atoms with Gasteiger partial charge in [0.15, 0.2) is 5.17 Å². The van der Waals surface area contributed by atoms with Crippen LogP contribution >= 0.6 is 11.8 Å². The van der Waals surface area contributed by atoms with Crippen molar-refractivity contribution in [3.05, 3.63) is 30.0 Å². The van der Waals surface area contributed by atoms with Gasteiger partial charge in [-0.05, 0) is 18.6 Å². The molecule has 0 bridgehead atoms. The third-order valence-electron chi connectivity index (χ3n) is 2.10. The van der Waals surface area contributed by atoms with Gasteiger partial charge in [0.05, 0.1) is 0 Å². The van der Waals surface area contributed by atoms with Gasteiger partial charge in [0.25, 0.3) is 0 Å². The van der Waals surface area contributed by atoms with E-state index in [1.54, 1.807) is 0 Å². The van der Waals surface area contributed by atoms with Crippen LogP contribution in [-0.2, 0) is 0 Å². The number of benzene rings is 1. The molecular weight excluding hydrogens is 194 g/mol.